The molecule has 1 spiro atoms. The van der Waals surface area contributed by atoms with Gasteiger partial charge in [0.2, 0.25) is 0 Å². The molecule has 352 valence electrons. The van der Waals surface area contributed by atoms with Gasteiger partial charge >= 0.3 is 0 Å². The van der Waals surface area contributed by atoms with Gasteiger partial charge in [-0.05, 0) is 162 Å². The largest absolute Gasteiger partial charge is 0.311 e. The van der Waals surface area contributed by atoms with Gasteiger partial charge in [-0.1, -0.05) is 171 Å². The molecule has 12 rings (SSSR count). The Balaban J connectivity index is 1.20. The average Bonchev–Trinajstić information content (AvgIpc) is 4.06. The molecule has 3 heterocycles. The van der Waals surface area contributed by atoms with E-state index in [9.17, 15) is 0 Å². The van der Waals surface area contributed by atoms with E-state index in [0.29, 0.717) is 5.92 Å². The van der Waals surface area contributed by atoms with Gasteiger partial charge in [-0.2, -0.15) is 0 Å². The van der Waals surface area contributed by atoms with Crippen molar-refractivity contribution in [1.82, 2.24) is 0 Å². The highest BCUT2D eigenvalue weighted by atomic mass is 32.1. The standard InChI is InChI=1S/C65H73BN2S/c1-60(2,3)39-21-26-45(27-22-39)67-53-35-44(64(13,14)15)36-54-57(53)66(59-58(67)47-32-40(61(4,5)6)25-30-55(47)69-59)50-34-42(63(10,11)12)24-29-51(50)68(54)52-18-16-17-48-56(52)46-28-23-41(62(7,8)9)33-49(46)65(48)37-38-19-20-43(65)31-38/h16-18,21-30,32-36,38,43H,19-20,31,37H2,1-15H3. The number of benzene rings is 6. The number of hydrogen-bond donors (Lipinski definition) is 0. The van der Waals surface area contributed by atoms with Crippen molar-refractivity contribution in [1.29, 1.82) is 0 Å². The lowest BCUT2D eigenvalue weighted by Gasteiger charge is -2.45. The van der Waals surface area contributed by atoms with Gasteiger partial charge in [0.15, 0.2) is 0 Å². The second-order valence-corrected chi connectivity index (χ2v) is 28.2. The molecule has 0 saturated heterocycles. The molecular formula is C65H73BN2S. The first-order chi connectivity index (χ1) is 32.3. The molecule has 0 radical (unpaired) electrons. The minimum Gasteiger partial charge on any atom is -0.311 e. The molecule has 0 N–H and O–H groups in total. The summed E-state index contributed by atoms with van der Waals surface area (Å²) in [4.78, 5) is 5.45. The first kappa shape index (κ1) is 45.1. The monoisotopic (exact) mass is 925 g/mol. The Hall–Kier alpha value is -5.06. The third kappa shape index (κ3) is 6.62. The van der Waals surface area contributed by atoms with Crippen LogP contribution in [0.1, 0.15) is 168 Å². The van der Waals surface area contributed by atoms with Crippen molar-refractivity contribution in [3.63, 3.8) is 0 Å². The van der Waals surface area contributed by atoms with Gasteiger partial charge < -0.3 is 9.80 Å². The predicted molar refractivity (Wildman–Crippen MR) is 301 cm³/mol. The fraction of sp³-hybridized carbons (Fsp3) is 0.415. The summed E-state index contributed by atoms with van der Waals surface area (Å²) < 4.78 is 2.80. The van der Waals surface area contributed by atoms with Crippen molar-refractivity contribution < 1.29 is 0 Å². The Bertz CT molecular complexity index is 3280. The maximum absolute atomic E-state index is 2.76. The van der Waals surface area contributed by atoms with E-state index in [0.717, 1.165) is 5.92 Å². The van der Waals surface area contributed by atoms with Crippen molar-refractivity contribution in [3.05, 3.63) is 148 Å². The Morgan fingerprint density at radius 2 is 1.12 bits per heavy atom. The smallest absolute Gasteiger partial charge is 0.264 e. The van der Waals surface area contributed by atoms with Crippen molar-refractivity contribution in [2.45, 2.75) is 162 Å². The lowest BCUT2D eigenvalue weighted by atomic mass is 9.36. The van der Waals surface area contributed by atoms with Gasteiger partial charge in [0.25, 0.3) is 6.71 Å². The fourth-order valence-corrected chi connectivity index (χ4v) is 14.9. The van der Waals surface area contributed by atoms with Gasteiger partial charge in [0, 0.05) is 48.6 Å². The van der Waals surface area contributed by atoms with Gasteiger partial charge in [-0.3, -0.25) is 0 Å². The van der Waals surface area contributed by atoms with Crippen molar-refractivity contribution in [3.8, 4) is 11.1 Å². The molecular weight excluding hydrogens is 852 g/mol. The molecule has 7 aromatic rings. The molecule has 4 heteroatoms. The SMILES string of the molecule is CC(C)(C)c1ccc(N2c3cc(C(C)(C)C)cc4c3B(c3cc(C(C)(C)C)ccc3N4c3cccc4c3-c3ccc(C(C)(C)C)cc3C43CC4CCC3C4)c3sc4ccc(C(C)(C)C)cc4c32)cc1. The molecule has 3 aliphatic carbocycles. The van der Waals surface area contributed by atoms with Crippen LogP contribution in [0.25, 0.3) is 21.2 Å². The van der Waals surface area contributed by atoms with Crippen molar-refractivity contribution >= 4 is 78.0 Å². The van der Waals surface area contributed by atoms with Crippen LogP contribution in [-0.4, -0.2) is 6.71 Å². The minimum absolute atomic E-state index is 0.0143. The predicted octanol–water partition coefficient (Wildman–Crippen LogP) is 16.6. The van der Waals surface area contributed by atoms with Gasteiger partial charge in [0.05, 0.1) is 11.4 Å². The number of thiophene rings is 1. The summed E-state index contributed by atoms with van der Waals surface area (Å²) in [5, 5.41) is 1.36. The van der Waals surface area contributed by atoms with Crippen LogP contribution in [0.4, 0.5) is 34.1 Å². The van der Waals surface area contributed by atoms with E-state index in [1.807, 2.05) is 11.3 Å². The van der Waals surface area contributed by atoms with Crippen LogP contribution in [-0.2, 0) is 32.5 Å². The van der Waals surface area contributed by atoms with E-state index < -0.39 is 0 Å². The topological polar surface area (TPSA) is 6.48 Å². The Kier molecular flexibility index (Phi) is 9.50. The third-order valence-corrected chi connectivity index (χ3v) is 18.7. The zero-order valence-corrected chi connectivity index (χ0v) is 45.1. The second kappa shape index (κ2) is 14.5. The lowest BCUT2D eigenvalue weighted by Crippen LogP contribution is -2.60. The minimum atomic E-state index is -0.108. The van der Waals surface area contributed by atoms with Crippen LogP contribution < -0.4 is 25.5 Å². The summed E-state index contributed by atoms with van der Waals surface area (Å²) in [5.41, 5.74) is 23.8. The molecule has 5 aliphatic rings. The molecule has 3 unspecified atom stereocenters. The summed E-state index contributed by atoms with van der Waals surface area (Å²) in [6.45, 7) is 35.7. The van der Waals surface area contributed by atoms with E-state index in [2.05, 4.69) is 223 Å². The molecule has 2 fully saturated rings. The zero-order valence-electron chi connectivity index (χ0n) is 44.3. The van der Waals surface area contributed by atoms with Crippen LogP contribution >= 0.6 is 11.3 Å². The summed E-state index contributed by atoms with van der Waals surface area (Å²) in [5.74, 6) is 1.48. The Morgan fingerprint density at radius 1 is 0.522 bits per heavy atom. The van der Waals surface area contributed by atoms with Crippen LogP contribution in [0.3, 0.4) is 0 Å². The van der Waals surface area contributed by atoms with E-state index >= 15 is 0 Å². The Morgan fingerprint density at radius 3 is 1.74 bits per heavy atom. The third-order valence-electron chi connectivity index (χ3n) is 17.5. The molecule has 2 nitrogen and oxygen atoms in total. The molecule has 3 atom stereocenters. The van der Waals surface area contributed by atoms with E-state index in [1.165, 1.54) is 125 Å². The van der Waals surface area contributed by atoms with Crippen LogP contribution in [0.2, 0.25) is 0 Å². The molecule has 2 saturated carbocycles. The fourth-order valence-electron chi connectivity index (χ4n) is 13.6. The molecule has 1 aromatic heterocycles. The molecule has 0 amide bonds. The van der Waals surface area contributed by atoms with Crippen molar-refractivity contribution in [2.75, 3.05) is 9.80 Å². The van der Waals surface area contributed by atoms with E-state index in [-0.39, 0.29) is 39.2 Å². The number of anilines is 6. The molecule has 69 heavy (non-hydrogen) atoms. The lowest BCUT2D eigenvalue weighted by molar-refractivity contribution is 0.326. The zero-order chi connectivity index (χ0) is 48.7. The maximum Gasteiger partial charge on any atom is 0.264 e. The van der Waals surface area contributed by atoms with Gasteiger partial charge in [-0.15, -0.1) is 11.3 Å². The molecule has 6 aromatic carbocycles. The highest BCUT2D eigenvalue weighted by molar-refractivity contribution is 7.33. The van der Waals surface area contributed by atoms with E-state index in [4.69, 9.17) is 0 Å². The summed E-state index contributed by atoms with van der Waals surface area (Å²) >= 11 is 2.02. The van der Waals surface area contributed by atoms with Crippen LogP contribution in [0.15, 0.2) is 109 Å². The normalized spacial score (nSPS) is 20.4. The first-order valence-corrected chi connectivity index (χ1v) is 27.1. The van der Waals surface area contributed by atoms with E-state index in [1.54, 1.807) is 11.1 Å². The second-order valence-electron chi connectivity index (χ2n) is 27.1. The number of rotatable bonds is 2. The molecule has 2 aliphatic heterocycles. The number of hydrogen-bond acceptors (Lipinski definition) is 3. The number of fused-ring (bicyclic) bond motifs is 14. The molecule has 2 bridgehead atoms. The summed E-state index contributed by atoms with van der Waals surface area (Å²) in [6.07, 6.45) is 5.34. The average molecular weight is 925 g/mol. The highest BCUT2D eigenvalue weighted by Gasteiger charge is 2.58. The highest BCUT2D eigenvalue weighted by Crippen LogP contribution is 2.67. The van der Waals surface area contributed by atoms with Gasteiger partial charge in [-0.25, -0.2) is 0 Å². The van der Waals surface area contributed by atoms with Crippen LogP contribution in [0.5, 0.6) is 0 Å². The quantitative estimate of drug-likeness (QED) is 0.159. The Labute approximate surface area is 418 Å². The summed E-state index contributed by atoms with van der Waals surface area (Å²) in [6, 6.07) is 44.8. The van der Waals surface area contributed by atoms with Crippen LogP contribution in [0, 0.1) is 11.8 Å². The van der Waals surface area contributed by atoms with Crippen molar-refractivity contribution in [2.24, 2.45) is 11.8 Å². The first-order valence-electron chi connectivity index (χ1n) is 26.2. The number of nitrogens with zero attached hydrogens (tertiary/aromatic N) is 2. The van der Waals surface area contributed by atoms with Gasteiger partial charge in [0.1, 0.15) is 0 Å². The maximum atomic E-state index is 2.76. The summed E-state index contributed by atoms with van der Waals surface area (Å²) in [7, 11) is 0.